The molecule has 2 rings (SSSR count). The van der Waals surface area contributed by atoms with E-state index in [1.807, 2.05) is 19.1 Å². The molecule has 1 saturated heterocycles. The number of esters is 1. The Hall–Kier alpha value is -1.55. The van der Waals surface area contributed by atoms with Crippen LogP contribution in [-0.2, 0) is 20.7 Å². The van der Waals surface area contributed by atoms with Gasteiger partial charge in [0.1, 0.15) is 0 Å². The summed E-state index contributed by atoms with van der Waals surface area (Å²) in [5.41, 5.74) is 0.928. The van der Waals surface area contributed by atoms with E-state index in [4.69, 9.17) is 16.3 Å². The molecular weight excluding hydrogens is 290 g/mol. The molecule has 21 heavy (non-hydrogen) atoms. The maximum atomic E-state index is 12.5. The molecule has 1 aliphatic heterocycles. The van der Waals surface area contributed by atoms with E-state index in [1.165, 1.54) is 7.11 Å². The first-order valence-corrected chi connectivity index (χ1v) is 7.50. The summed E-state index contributed by atoms with van der Waals surface area (Å²) in [5, 5.41) is 0.656. The average Bonchev–Trinajstić information content (AvgIpc) is 2.49. The third-order valence-electron chi connectivity index (χ3n) is 4.01. The summed E-state index contributed by atoms with van der Waals surface area (Å²) in [5.74, 6) is -0.398. The van der Waals surface area contributed by atoms with Crippen molar-refractivity contribution < 1.29 is 14.3 Å². The lowest BCUT2D eigenvalue weighted by atomic mass is 9.93. The maximum absolute atomic E-state index is 12.5. The monoisotopic (exact) mass is 309 g/mol. The summed E-state index contributed by atoms with van der Waals surface area (Å²) < 4.78 is 4.79. The maximum Gasteiger partial charge on any atom is 0.310 e. The number of likely N-dealkylation sites (tertiary alicyclic amines) is 1. The largest absolute Gasteiger partial charge is 0.469 e. The van der Waals surface area contributed by atoms with E-state index in [0.717, 1.165) is 18.4 Å². The molecule has 1 heterocycles. The number of amides is 1. The first-order chi connectivity index (χ1) is 10.0. The Labute approximate surface area is 130 Å². The van der Waals surface area contributed by atoms with Crippen LogP contribution in [-0.4, -0.2) is 36.5 Å². The normalized spacial score (nSPS) is 22.0. The van der Waals surface area contributed by atoms with Gasteiger partial charge in [0.25, 0.3) is 0 Å². The highest BCUT2D eigenvalue weighted by molar-refractivity contribution is 6.30. The minimum absolute atomic E-state index is 0.0402. The highest BCUT2D eigenvalue weighted by atomic mass is 35.5. The lowest BCUT2D eigenvalue weighted by Gasteiger charge is -2.37. The fourth-order valence-electron chi connectivity index (χ4n) is 2.69. The third kappa shape index (κ3) is 3.97. The summed E-state index contributed by atoms with van der Waals surface area (Å²) in [4.78, 5) is 25.9. The second-order valence-electron chi connectivity index (χ2n) is 5.50. The quantitative estimate of drug-likeness (QED) is 0.807. The lowest BCUT2D eigenvalue weighted by Crippen LogP contribution is -2.48. The van der Waals surface area contributed by atoms with E-state index < -0.39 is 0 Å². The molecule has 0 bridgehead atoms. The molecule has 1 aromatic carbocycles. The Morgan fingerprint density at radius 1 is 1.29 bits per heavy atom. The molecule has 1 aromatic rings. The predicted molar refractivity (Wildman–Crippen MR) is 81.1 cm³/mol. The molecule has 0 saturated carbocycles. The third-order valence-corrected chi connectivity index (χ3v) is 4.26. The fraction of sp³-hybridized carbons (Fsp3) is 0.500. The number of piperidine rings is 1. The van der Waals surface area contributed by atoms with Gasteiger partial charge in [-0.3, -0.25) is 9.59 Å². The van der Waals surface area contributed by atoms with Gasteiger partial charge in [-0.15, -0.1) is 0 Å². The van der Waals surface area contributed by atoms with E-state index in [0.29, 0.717) is 18.0 Å². The zero-order valence-corrected chi connectivity index (χ0v) is 13.1. The Bertz CT molecular complexity index is 515. The highest BCUT2D eigenvalue weighted by Crippen LogP contribution is 2.24. The molecule has 1 aliphatic rings. The summed E-state index contributed by atoms with van der Waals surface area (Å²) in [7, 11) is 1.39. The minimum Gasteiger partial charge on any atom is -0.469 e. The molecule has 0 aliphatic carbocycles. The minimum atomic E-state index is -0.230. The van der Waals surface area contributed by atoms with Crippen LogP contribution in [0.1, 0.15) is 25.3 Å². The molecule has 114 valence electrons. The average molecular weight is 310 g/mol. The molecule has 0 unspecified atom stereocenters. The van der Waals surface area contributed by atoms with Crippen molar-refractivity contribution in [3.05, 3.63) is 34.9 Å². The molecule has 0 spiro atoms. The van der Waals surface area contributed by atoms with Gasteiger partial charge in [0, 0.05) is 17.6 Å². The van der Waals surface area contributed by atoms with Gasteiger partial charge in [0.2, 0.25) is 5.91 Å². The number of ether oxygens (including phenoxy) is 1. The number of carbonyl (C=O) groups excluding carboxylic acids is 2. The van der Waals surface area contributed by atoms with Gasteiger partial charge < -0.3 is 9.64 Å². The molecule has 0 aromatic heterocycles. The van der Waals surface area contributed by atoms with Gasteiger partial charge in [-0.2, -0.15) is 0 Å². The van der Waals surface area contributed by atoms with Gasteiger partial charge in [-0.1, -0.05) is 23.7 Å². The predicted octanol–water partition coefficient (Wildman–Crippen LogP) is 2.68. The second kappa shape index (κ2) is 6.94. The number of methoxy groups -OCH3 is 1. The first kappa shape index (κ1) is 15.8. The summed E-state index contributed by atoms with van der Waals surface area (Å²) in [6.07, 6.45) is 1.93. The van der Waals surface area contributed by atoms with Crippen LogP contribution in [0.4, 0.5) is 0 Å². The zero-order chi connectivity index (χ0) is 15.4. The van der Waals surface area contributed by atoms with Crippen LogP contribution in [0, 0.1) is 5.92 Å². The van der Waals surface area contributed by atoms with Gasteiger partial charge in [-0.25, -0.2) is 0 Å². The molecule has 5 heteroatoms. The van der Waals surface area contributed by atoms with Gasteiger partial charge >= 0.3 is 5.97 Å². The second-order valence-corrected chi connectivity index (χ2v) is 5.93. The number of hydrogen-bond acceptors (Lipinski definition) is 3. The van der Waals surface area contributed by atoms with Crippen molar-refractivity contribution in [3.8, 4) is 0 Å². The van der Waals surface area contributed by atoms with Crippen molar-refractivity contribution in [2.24, 2.45) is 5.92 Å². The smallest absolute Gasteiger partial charge is 0.310 e. The highest BCUT2D eigenvalue weighted by Gasteiger charge is 2.32. The number of benzene rings is 1. The molecule has 1 fully saturated rings. The number of nitrogens with zero attached hydrogens (tertiary/aromatic N) is 1. The number of rotatable bonds is 3. The van der Waals surface area contributed by atoms with Gasteiger partial charge in [-0.05, 0) is 37.5 Å². The van der Waals surface area contributed by atoms with Crippen LogP contribution < -0.4 is 0 Å². The van der Waals surface area contributed by atoms with Crippen LogP contribution in [0.2, 0.25) is 5.02 Å². The lowest BCUT2D eigenvalue weighted by molar-refractivity contribution is -0.150. The van der Waals surface area contributed by atoms with E-state index in [1.54, 1.807) is 17.0 Å². The SMILES string of the molecule is COC(=O)[C@@H]1CC[C@H](C)N(C(=O)Cc2ccc(Cl)cc2)C1. The summed E-state index contributed by atoms with van der Waals surface area (Å²) in [6.45, 7) is 2.47. The summed E-state index contributed by atoms with van der Waals surface area (Å²) >= 11 is 5.84. The molecule has 0 N–H and O–H groups in total. The molecule has 0 radical (unpaired) electrons. The van der Waals surface area contributed by atoms with Crippen molar-refractivity contribution in [2.75, 3.05) is 13.7 Å². The molecule has 1 amide bonds. The van der Waals surface area contributed by atoms with Gasteiger partial charge in [0.15, 0.2) is 0 Å². The van der Waals surface area contributed by atoms with E-state index in [2.05, 4.69) is 0 Å². The van der Waals surface area contributed by atoms with E-state index in [9.17, 15) is 9.59 Å². The van der Waals surface area contributed by atoms with Crippen molar-refractivity contribution in [3.63, 3.8) is 0 Å². The van der Waals surface area contributed by atoms with Crippen LogP contribution in [0.3, 0.4) is 0 Å². The van der Waals surface area contributed by atoms with Crippen LogP contribution in [0.5, 0.6) is 0 Å². The number of hydrogen-bond donors (Lipinski definition) is 0. The topological polar surface area (TPSA) is 46.6 Å². The van der Waals surface area contributed by atoms with Crippen LogP contribution in [0.25, 0.3) is 0 Å². The molecular formula is C16H20ClNO3. The fourth-order valence-corrected chi connectivity index (χ4v) is 2.82. The Balaban J connectivity index is 2.02. The first-order valence-electron chi connectivity index (χ1n) is 7.13. The van der Waals surface area contributed by atoms with Crippen LogP contribution >= 0.6 is 11.6 Å². The van der Waals surface area contributed by atoms with Crippen molar-refractivity contribution in [2.45, 2.75) is 32.2 Å². The molecule has 2 atom stereocenters. The standard InChI is InChI=1S/C16H20ClNO3/c1-11-3-6-13(16(20)21-2)10-18(11)15(19)9-12-4-7-14(17)8-5-12/h4-5,7-8,11,13H,3,6,9-10H2,1-2H3/t11-,13+/m0/s1. The van der Waals surface area contributed by atoms with Crippen molar-refractivity contribution in [1.29, 1.82) is 0 Å². The summed E-state index contributed by atoms with van der Waals surface area (Å²) in [6, 6.07) is 7.42. The van der Waals surface area contributed by atoms with E-state index in [-0.39, 0.29) is 23.8 Å². The number of halogens is 1. The zero-order valence-electron chi connectivity index (χ0n) is 12.3. The Kier molecular flexibility index (Phi) is 5.23. The van der Waals surface area contributed by atoms with Crippen LogP contribution in [0.15, 0.2) is 24.3 Å². The van der Waals surface area contributed by atoms with E-state index >= 15 is 0 Å². The Morgan fingerprint density at radius 3 is 2.57 bits per heavy atom. The van der Waals surface area contributed by atoms with Gasteiger partial charge in [0.05, 0.1) is 19.4 Å². The van der Waals surface area contributed by atoms with Crippen molar-refractivity contribution >= 4 is 23.5 Å². The molecule has 4 nitrogen and oxygen atoms in total. The van der Waals surface area contributed by atoms with Crippen molar-refractivity contribution in [1.82, 2.24) is 4.90 Å². The number of carbonyl (C=O) groups is 2. The Morgan fingerprint density at radius 2 is 1.95 bits per heavy atom.